The summed E-state index contributed by atoms with van der Waals surface area (Å²) in [7, 11) is 0. The highest BCUT2D eigenvalue weighted by molar-refractivity contribution is 6.07. The maximum absolute atomic E-state index is 11.7. The number of esters is 1. The van der Waals surface area contributed by atoms with E-state index in [1.165, 1.54) is 0 Å². The summed E-state index contributed by atoms with van der Waals surface area (Å²) >= 11 is 0. The molecular formula is C12H14N2O5. The van der Waals surface area contributed by atoms with Crippen LogP contribution < -0.4 is 11.5 Å². The van der Waals surface area contributed by atoms with E-state index in [9.17, 15) is 14.4 Å². The Morgan fingerprint density at radius 1 is 1.21 bits per heavy atom. The smallest absolute Gasteiger partial charge is 0.338 e. The van der Waals surface area contributed by atoms with Crippen LogP contribution in [0.2, 0.25) is 0 Å². The van der Waals surface area contributed by atoms with E-state index in [0.717, 1.165) is 0 Å². The third kappa shape index (κ3) is 3.78. The van der Waals surface area contributed by atoms with E-state index < -0.39 is 29.8 Å². The highest BCUT2D eigenvalue weighted by Gasteiger charge is 2.45. The summed E-state index contributed by atoms with van der Waals surface area (Å²) < 4.78 is 4.80. The van der Waals surface area contributed by atoms with E-state index in [1.54, 1.807) is 30.3 Å². The van der Waals surface area contributed by atoms with Crippen LogP contribution in [0.4, 0.5) is 0 Å². The number of ether oxygens (including phenoxy) is 1. The molecule has 0 fully saturated rings. The number of amides is 1. The number of hydrogen-bond donors (Lipinski definition) is 3. The minimum absolute atomic E-state index is 0.134. The first-order valence-corrected chi connectivity index (χ1v) is 5.38. The maximum atomic E-state index is 11.7. The van der Waals surface area contributed by atoms with Gasteiger partial charge in [0.1, 0.15) is 6.61 Å². The minimum Gasteiger partial charge on any atom is -0.479 e. The van der Waals surface area contributed by atoms with Crippen molar-refractivity contribution in [1.29, 1.82) is 0 Å². The van der Waals surface area contributed by atoms with E-state index >= 15 is 0 Å². The van der Waals surface area contributed by atoms with Crippen molar-refractivity contribution in [3.63, 3.8) is 0 Å². The highest BCUT2D eigenvalue weighted by atomic mass is 16.5. The van der Waals surface area contributed by atoms with Crippen molar-refractivity contribution >= 4 is 17.8 Å². The number of benzene rings is 1. The van der Waals surface area contributed by atoms with E-state index in [2.05, 4.69) is 0 Å². The molecule has 0 aromatic heterocycles. The highest BCUT2D eigenvalue weighted by Crippen LogP contribution is 2.11. The molecule has 1 atom stereocenters. The second-order valence-electron chi connectivity index (χ2n) is 3.98. The van der Waals surface area contributed by atoms with Crippen LogP contribution in [0.15, 0.2) is 30.3 Å². The second kappa shape index (κ2) is 5.96. The molecule has 0 heterocycles. The van der Waals surface area contributed by atoms with Crippen molar-refractivity contribution in [2.45, 2.75) is 18.6 Å². The van der Waals surface area contributed by atoms with Crippen molar-refractivity contribution in [2.75, 3.05) is 0 Å². The zero-order chi connectivity index (χ0) is 14.5. The number of carbonyl (C=O) groups excluding carboxylic acids is 2. The molecule has 1 aromatic carbocycles. The molecule has 7 nitrogen and oxygen atoms in total. The predicted molar refractivity (Wildman–Crippen MR) is 64.6 cm³/mol. The number of nitrogens with two attached hydrogens (primary N) is 2. The van der Waals surface area contributed by atoms with E-state index in [1.807, 2.05) is 0 Å². The monoisotopic (exact) mass is 266 g/mol. The molecular weight excluding hydrogens is 252 g/mol. The van der Waals surface area contributed by atoms with Gasteiger partial charge in [-0.25, -0.2) is 9.59 Å². The number of primary amides is 1. The topological polar surface area (TPSA) is 133 Å². The Hall–Kier alpha value is -2.41. The Kier molecular flexibility index (Phi) is 4.60. The molecule has 1 rings (SSSR count). The van der Waals surface area contributed by atoms with Crippen molar-refractivity contribution in [2.24, 2.45) is 11.5 Å². The van der Waals surface area contributed by atoms with Crippen molar-refractivity contribution < 1.29 is 24.2 Å². The van der Waals surface area contributed by atoms with Gasteiger partial charge < -0.3 is 21.3 Å². The summed E-state index contributed by atoms with van der Waals surface area (Å²) in [6.07, 6.45) is -0.823. The van der Waals surface area contributed by atoms with Gasteiger partial charge in [-0.15, -0.1) is 0 Å². The van der Waals surface area contributed by atoms with Crippen LogP contribution in [0, 0.1) is 0 Å². The Morgan fingerprint density at radius 2 is 1.79 bits per heavy atom. The van der Waals surface area contributed by atoms with Crippen LogP contribution >= 0.6 is 0 Å². The lowest BCUT2D eigenvalue weighted by molar-refractivity contribution is -0.163. The molecule has 0 bridgehead atoms. The number of rotatable bonds is 6. The molecule has 102 valence electrons. The summed E-state index contributed by atoms with van der Waals surface area (Å²) in [6, 6.07) is 8.64. The number of carboxylic acid groups (broad SMARTS) is 1. The molecule has 1 aromatic rings. The van der Waals surface area contributed by atoms with Gasteiger partial charge in [-0.1, -0.05) is 30.3 Å². The van der Waals surface area contributed by atoms with Gasteiger partial charge in [0.05, 0.1) is 6.42 Å². The lowest BCUT2D eigenvalue weighted by atomic mass is 9.96. The molecule has 0 radical (unpaired) electrons. The first kappa shape index (κ1) is 14.7. The molecule has 5 N–H and O–H groups in total. The number of hydrogen-bond acceptors (Lipinski definition) is 5. The average Bonchev–Trinajstić information content (AvgIpc) is 2.36. The lowest BCUT2D eigenvalue weighted by Crippen LogP contribution is -2.57. The molecule has 1 amide bonds. The molecule has 0 aliphatic heterocycles. The fourth-order valence-electron chi connectivity index (χ4n) is 1.36. The molecule has 7 heteroatoms. The zero-order valence-corrected chi connectivity index (χ0v) is 10.0. The largest absolute Gasteiger partial charge is 0.479 e. The standard InChI is InChI=1S/C12H14N2O5/c13-9(15)6-12(14,10(16)17)11(18)19-7-8-4-2-1-3-5-8/h1-5H,6-7,14H2,(H2,13,15)(H,16,17)/t12-/m1/s1. The van der Waals surface area contributed by atoms with Crippen LogP contribution in [-0.2, 0) is 25.7 Å². The summed E-state index contributed by atoms with van der Waals surface area (Å²) in [4.78, 5) is 33.4. The molecule has 0 aliphatic carbocycles. The predicted octanol–water partition coefficient (Wildman–Crippen LogP) is -0.613. The summed E-state index contributed by atoms with van der Waals surface area (Å²) in [5.41, 5.74) is 8.46. The van der Waals surface area contributed by atoms with Crippen LogP contribution in [0.5, 0.6) is 0 Å². The van der Waals surface area contributed by atoms with Crippen LogP contribution in [0.3, 0.4) is 0 Å². The molecule has 19 heavy (non-hydrogen) atoms. The van der Waals surface area contributed by atoms with Crippen molar-refractivity contribution in [3.8, 4) is 0 Å². The Balaban J connectivity index is 2.73. The van der Waals surface area contributed by atoms with Crippen LogP contribution in [0.1, 0.15) is 12.0 Å². The van der Waals surface area contributed by atoms with E-state index in [-0.39, 0.29) is 6.61 Å². The van der Waals surface area contributed by atoms with Gasteiger partial charge in [0.25, 0.3) is 0 Å². The normalized spacial score (nSPS) is 13.3. The lowest BCUT2D eigenvalue weighted by Gasteiger charge is -2.21. The van der Waals surface area contributed by atoms with Gasteiger partial charge in [0, 0.05) is 0 Å². The Morgan fingerprint density at radius 3 is 2.26 bits per heavy atom. The van der Waals surface area contributed by atoms with Crippen molar-refractivity contribution in [1.82, 2.24) is 0 Å². The quantitative estimate of drug-likeness (QED) is 0.464. The Labute approximate surface area is 109 Å². The number of aliphatic carboxylic acids is 1. The fourth-order valence-corrected chi connectivity index (χ4v) is 1.36. The summed E-state index contributed by atoms with van der Waals surface area (Å²) in [5.74, 6) is -3.87. The van der Waals surface area contributed by atoms with Crippen molar-refractivity contribution in [3.05, 3.63) is 35.9 Å². The van der Waals surface area contributed by atoms with Gasteiger partial charge in [0.2, 0.25) is 11.4 Å². The SMILES string of the molecule is NC(=O)C[C@@](N)(C(=O)O)C(=O)OCc1ccccc1. The molecule has 0 saturated carbocycles. The van der Waals surface area contributed by atoms with E-state index in [0.29, 0.717) is 5.56 Å². The zero-order valence-electron chi connectivity index (χ0n) is 10.0. The Bertz CT molecular complexity index is 488. The third-order valence-corrected chi connectivity index (χ3v) is 2.41. The maximum Gasteiger partial charge on any atom is 0.338 e. The first-order valence-electron chi connectivity index (χ1n) is 5.38. The molecule has 0 aliphatic rings. The molecule has 0 spiro atoms. The fraction of sp³-hybridized carbons (Fsp3) is 0.250. The third-order valence-electron chi connectivity index (χ3n) is 2.41. The minimum atomic E-state index is -2.46. The van der Waals surface area contributed by atoms with Gasteiger partial charge in [-0.05, 0) is 5.56 Å². The average molecular weight is 266 g/mol. The van der Waals surface area contributed by atoms with Gasteiger partial charge in [0.15, 0.2) is 0 Å². The van der Waals surface area contributed by atoms with Crippen LogP contribution in [0.25, 0.3) is 0 Å². The van der Waals surface area contributed by atoms with Crippen LogP contribution in [-0.4, -0.2) is 28.5 Å². The number of carbonyl (C=O) groups is 3. The second-order valence-corrected chi connectivity index (χ2v) is 3.98. The molecule has 0 saturated heterocycles. The van der Waals surface area contributed by atoms with Gasteiger partial charge >= 0.3 is 11.9 Å². The summed E-state index contributed by atoms with van der Waals surface area (Å²) in [5, 5.41) is 8.92. The molecule has 0 unspecified atom stereocenters. The first-order chi connectivity index (χ1) is 8.86. The van der Waals surface area contributed by atoms with E-state index in [4.69, 9.17) is 21.3 Å². The number of carboxylic acids is 1. The summed E-state index contributed by atoms with van der Waals surface area (Å²) in [6.45, 7) is -0.134. The van der Waals surface area contributed by atoms with Gasteiger partial charge in [-0.3, -0.25) is 4.79 Å². The van der Waals surface area contributed by atoms with Gasteiger partial charge in [-0.2, -0.15) is 0 Å².